The number of hydrogen-bond donors (Lipinski definition) is 0. The highest BCUT2D eigenvalue weighted by molar-refractivity contribution is 5.65. The SMILES string of the molecule is Cc1cc(C)cc(N(C)c2nnccc2C#N)c1. The lowest BCUT2D eigenvalue weighted by atomic mass is 10.1. The van der Waals surface area contributed by atoms with E-state index < -0.39 is 0 Å². The number of benzene rings is 1. The van der Waals surface area contributed by atoms with Gasteiger partial charge in [-0.2, -0.15) is 10.4 Å². The van der Waals surface area contributed by atoms with Gasteiger partial charge in [-0.3, -0.25) is 0 Å². The van der Waals surface area contributed by atoms with Gasteiger partial charge in [0.1, 0.15) is 6.07 Å². The van der Waals surface area contributed by atoms with Crippen molar-refractivity contribution in [3.8, 4) is 6.07 Å². The lowest BCUT2D eigenvalue weighted by molar-refractivity contribution is 0.980. The van der Waals surface area contributed by atoms with Gasteiger partial charge in [0.15, 0.2) is 5.82 Å². The number of rotatable bonds is 2. The van der Waals surface area contributed by atoms with Crippen LogP contribution in [0, 0.1) is 25.2 Å². The Balaban J connectivity index is 2.48. The van der Waals surface area contributed by atoms with E-state index in [1.165, 1.54) is 17.3 Å². The Labute approximate surface area is 107 Å². The number of anilines is 2. The molecule has 0 fully saturated rings. The molecule has 4 nitrogen and oxygen atoms in total. The van der Waals surface area contributed by atoms with Gasteiger partial charge in [0, 0.05) is 12.7 Å². The largest absolute Gasteiger partial charge is 0.327 e. The van der Waals surface area contributed by atoms with Crippen molar-refractivity contribution in [3.63, 3.8) is 0 Å². The summed E-state index contributed by atoms with van der Waals surface area (Å²) in [5, 5.41) is 17.0. The fourth-order valence-corrected chi connectivity index (χ4v) is 1.93. The molecule has 0 spiro atoms. The van der Waals surface area contributed by atoms with Crippen LogP contribution in [0.5, 0.6) is 0 Å². The summed E-state index contributed by atoms with van der Waals surface area (Å²) in [7, 11) is 1.89. The molecule has 0 saturated carbocycles. The van der Waals surface area contributed by atoms with Crippen LogP contribution in [0.1, 0.15) is 16.7 Å². The number of nitriles is 1. The Morgan fingerprint density at radius 2 is 1.83 bits per heavy atom. The van der Waals surface area contributed by atoms with Gasteiger partial charge in [-0.25, -0.2) is 0 Å². The topological polar surface area (TPSA) is 52.8 Å². The number of nitrogens with zero attached hydrogens (tertiary/aromatic N) is 4. The molecule has 4 heteroatoms. The molecule has 0 amide bonds. The van der Waals surface area contributed by atoms with E-state index in [0.29, 0.717) is 11.4 Å². The molecule has 2 rings (SSSR count). The molecule has 1 aromatic carbocycles. The van der Waals surface area contributed by atoms with E-state index in [4.69, 9.17) is 5.26 Å². The van der Waals surface area contributed by atoms with Crippen LogP contribution in [-0.2, 0) is 0 Å². The zero-order chi connectivity index (χ0) is 13.1. The van der Waals surface area contributed by atoms with Crippen molar-refractivity contribution in [2.45, 2.75) is 13.8 Å². The van der Waals surface area contributed by atoms with Crippen molar-refractivity contribution in [2.75, 3.05) is 11.9 Å². The van der Waals surface area contributed by atoms with Crippen molar-refractivity contribution in [1.82, 2.24) is 10.2 Å². The second kappa shape index (κ2) is 4.84. The highest BCUT2D eigenvalue weighted by atomic mass is 15.2. The lowest BCUT2D eigenvalue weighted by Crippen LogP contribution is -2.13. The Hall–Kier alpha value is -2.41. The van der Waals surface area contributed by atoms with Crippen LogP contribution in [0.25, 0.3) is 0 Å². The van der Waals surface area contributed by atoms with Gasteiger partial charge in [0.25, 0.3) is 0 Å². The zero-order valence-corrected chi connectivity index (χ0v) is 10.7. The van der Waals surface area contributed by atoms with Gasteiger partial charge in [0.2, 0.25) is 0 Å². The highest BCUT2D eigenvalue weighted by Gasteiger charge is 2.11. The summed E-state index contributed by atoms with van der Waals surface area (Å²) in [5.74, 6) is 0.574. The number of aryl methyl sites for hydroxylation is 2. The molecule has 0 aliphatic heterocycles. The molecular formula is C14H14N4. The molecular weight excluding hydrogens is 224 g/mol. The standard InChI is InChI=1S/C14H14N4/c1-10-6-11(2)8-13(7-10)18(3)14-12(9-15)4-5-16-17-14/h4-8H,1-3H3. The fourth-order valence-electron chi connectivity index (χ4n) is 1.93. The first-order valence-electron chi connectivity index (χ1n) is 5.65. The lowest BCUT2D eigenvalue weighted by Gasteiger charge is -2.19. The van der Waals surface area contributed by atoms with Crippen LogP contribution in [0.15, 0.2) is 30.5 Å². The third kappa shape index (κ3) is 2.30. The second-order valence-corrected chi connectivity index (χ2v) is 4.29. The smallest absolute Gasteiger partial charge is 0.173 e. The quantitative estimate of drug-likeness (QED) is 0.807. The predicted octanol–water partition coefficient (Wildman–Crippen LogP) is 2.73. The van der Waals surface area contributed by atoms with Gasteiger partial charge >= 0.3 is 0 Å². The monoisotopic (exact) mass is 238 g/mol. The van der Waals surface area contributed by atoms with Crippen LogP contribution < -0.4 is 4.90 Å². The van der Waals surface area contributed by atoms with E-state index in [0.717, 1.165) is 5.69 Å². The van der Waals surface area contributed by atoms with E-state index in [1.807, 2.05) is 25.8 Å². The average molecular weight is 238 g/mol. The Morgan fingerprint density at radius 1 is 1.17 bits per heavy atom. The molecule has 90 valence electrons. The molecule has 0 N–H and O–H groups in total. The van der Waals surface area contributed by atoms with E-state index in [9.17, 15) is 0 Å². The second-order valence-electron chi connectivity index (χ2n) is 4.29. The van der Waals surface area contributed by atoms with Crippen molar-refractivity contribution in [3.05, 3.63) is 47.2 Å². The summed E-state index contributed by atoms with van der Waals surface area (Å²) < 4.78 is 0. The minimum Gasteiger partial charge on any atom is -0.327 e. The summed E-state index contributed by atoms with van der Waals surface area (Å²) >= 11 is 0. The van der Waals surface area contributed by atoms with Crippen LogP contribution in [0.4, 0.5) is 11.5 Å². The first-order valence-corrected chi connectivity index (χ1v) is 5.65. The molecule has 0 bridgehead atoms. The van der Waals surface area contributed by atoms with Gasteiger partial charge in [-0.05, 0) is 43.2 Å². The van der Waals surface area contributed by atoms with Crippen LogP contribution in [0.3, 0.4) is 0 Å². The summed E-state index contributed by atoms with van der Waals surface area (Å²) in [6, 6.07) is 10.0. The van der Waals surface area contributed by atoms with Crippen molar-refractivity contribution < 1.29 is 0 Å². The molecule has 0 radical (unpaired) electrons. The van der Waals surface area contributed by atoms with Gasteiger partial charge in [0.05, 0.1) is 11.8 Å². The van der Waals surface area contributed by atoms with Gasteiger partial charge < -0.3 is 4.90 Å². The Kier molecular flexibility index (Phi) is 3.24. The summed E-state index contributed by atoms with van der Waals surface area (Å²) in [5.41, 5.74) is 3.88. The maximum Gasteiger partial charge on any atom is 0.173 e. The molecule has 0 atom stereocenters. The highest BCUT2D eigenvalue weighted by Crippen LogP contribution is 2.25. The van der Waals surface area contributed by atoms with Crippen molar-refractivity contribution >= 4 is 11.5 Å². The average Bonchev–Trinajstić information content (AvgIpc) is 2.36. The van der Waals surface area contributed by atoms with Gasteiger partial charge in [-0.1, -0.05) is 6.07 Å². The number of hydrogen-bond acceptors (Lipinski definition) is 4. The third-order valence-corrected chi connectivity index (χ3v) is 2.73. The maximum atomic E-state index is 9.08. The predicted molar refractivity (Wildman–Crippen MR) is 70.7 cm³/mol. The third-order valence-electron chi connectivity index (χ3n) is 2.73. The molecule has 0 aliphatic rings. The fraction of sp³-hybridized carbons (Fsp3) is 0.214. The zero-order valence-electron chi connectivity index (χ0n) is 10.7. The maximum absolute atomic E-state index is 9.08. The summed E-state index contributed by atoms with van der Waals surface area (Å²) in [6.07, 6.45) is 1.53. The first-order chi connectivity index (χ1) is 8.61. The van der Waals surface area contributed by atoms with Crippen LogP contribution in [0.2, 0.25) is 0 Å². The molecule has 18 heavy (non-hydrogen) atoms. The van der Waals surface area contributed by atoms with Crippen LogP contribution >= 0.6 is 0 Å². The molecule has 1 heterocycles. The van der Waals surface area contributed by atoms with E-state index >= 15 is 0 Å². The summed E-state index contributed by atoms with van der Waals surface area (Å²) in [4.78, 5) is 1.88. The first kappa shape index (κ1) is 12.1. The Bertz CT molecular complexity index is 593. The normalized spacial score (nSPS) is 9.89. The van der Waals surface area contributed by atoms with Crippen LogP contribution in [-0.4, -0.2) is 17.2 Å². The molecule has 1 aromatic heterocycles. The van der Waals surface area contributed by atoms with Gasteiger partial charge in [-0.15, -0.1) is 5.10 Å². The molecule has 0 unspecified atom stereocenters. The van der Waals surface area contributed by atoms with Crippen molar-refractivity contribution in [1.29, 1.82) is 5.26 Å². The molecule has 0 saturated heterocycles. The molecule has 2 aromatic rings. The van der Waals surface area contributed by atoms with E-state index in [1.54, 1.807) is 6.07 Å². The van der Waals surface area contributed by atoms with Crippen molar-refractivity contribution in [2.24, 2.45) is 0 Å². The number of aromatic nitrogens is 2. The van der Waals surface area contributed by atoms with E-state index in [-0.39, 0.29) is 0 Å². The molecule has 0 aliphatic carbocycles. The minimum absolute atomic E-state index is 0.520. The Morgan fingerprint density at radius 3 is 2.44 bits per heavy atom. The minimum atomic E-state index is 0.520. The summed E-state index contributed by atoms with van der Waals surface area (Å²) in [6.45, 7) is 4.10. The van der Waals surface area contributed by atoms with E-state index in [2.05, 4.69) is 34.5 Å².